The van der Waals surface area contributed by atoms with Crippen LogP contribution in [0.1, 0.15) is 50.4 Å². The van der Waals surface area contributed by atoms with Crippen LogP contribution in [-0.2, 0) is 0 Å². The lowest BCUT2D eigenvalue weighted by atomic mass is 10.1. The highest BCUT2D eigenvalue weighted by Crippen LogP contribution is 2.24. The van der Waals surface area contributed by atoms with Crippen molar-refractivity contribution in [1.82, 2.24) is 9.97 Å². The molecule has 2 unspecified atom stereocenters. The molecule has 2 atom stereocenters. The first-order valence-corrected chi connectivity index (χ1v) is 6.91. The predicted octanol–water partition coefficient (Wildman–Crippen LogP) is 2.45. The number of aromatic nitrogens is 2. The van der Waals surface area contributed by atoms with E-state index in [-0.39, 0.29) is 0 Å². The van der Waals surface area contributed by atoms with Crippen LogP contribution in [0, 0.1) is 12.8 Å². The maximum atomic E-state index is 6.07. The van der Waals surface area contributed by atoms with E-state index in [1.54, 1.807) is 0 Å². The molecule has 1 heterocycles. The third-order valence-electron chi connectivity index (χ3n) is 3.71. The zero-order chi connectivity index (χ0) is 13.1. The molecule has 18 heavy (non-hydrogen) atoms. The van der Waals surface area contributed by atoms with E-state index >= 15 is 0 Å². The van der Waals surface area contributed by atoms with Gasteiger partial charge in [0.1, 0.15) is 0 Å². The molecule has 0 spiro atoms. The van der Waals surface area contributed by atoms with E-state index < -0.39 is 0 Å². The molecule has 1 aromatic rings. The molecule has 0 amide bonds. The molecule has 100 valence electrons. The Morgan fingerprint density at radius 1 is 1.39 bits per heavy atom. The monoisotopic (exact) mass is 248 g/mol. The van der Waals surface area contributed by atoms with Crippen LogP contribution in [-0.4, -0.2) is 22.6 Å². The molecule has 3 N–H and O–H groups in total. The Bertz CT molecular complexity index is 403. The van der Waals surface area contributed by atoms with Gasteiger partial charge in [-0.25, -0.2) is 9.97 Å². The van der Waals surface area contributed by atoms with E-state index in [2.05, 4.69) is 35.2 Å². The molecule has 0 saturated heterocycles. The van der Waals surface area contributed by atoms with Crippen LogP contribution >= 0.6 is 0 Å². The lowest BCUT2D eigenvalue weighted by Crippen LogP contribution is -2.30. The summed E-state index contributed by atoms with van der Waals surface area (Å²) in [6.07, 6.45) is 3.62. The maximum absolute atomic E-state index is 6.07. The second-order valence-electron chi connectivity index (χ2n) is 5.65. The first-order valence-electron chi connectivity index (χ1n) is 6.91. The Kier molecular flexibility index (Phi) is 4.17. The van der Waals surface area contributed by atoms with Crippen LogP contribution in [0.2, 0.25) is 0 Å². The molecule has 4 heteroatoms. The largest absolute Gasteiger partial charge is 0.354 e. The average Bonchev–Trinajstić information content (AvgIpc) is 2.71. The number of nitrogens with zero attached hydrogens (tertiary/aromatic N) is 2. The molecule has 1 aliphatic rings. The lowest BCUT2D eigenvalue weighted by Gasteiger charge is -2.16. The minimum Gasteiger partial charge on any atom is -0.354 e. The summed E-state index contributed by atoms with van der Waals surface area (Å²) in [7, 11) is 0. The van der Waals surface area contributed by atoms with Gasteiger partial charge in [0.25, 0.3) is 0 Å². The quantitative estimate of drug-likeness (QED) is 0.859. The van der Waals surface area contributed by atoms with Crippen LogP contribution < -0.4 is 11.1 Å². The number of anilines is 1. The average molecular weight is 248 g/mol. The van der Waals surface area contributed by atoms with Crippen molar-refractivity contribution in [3.05, 3.63) is 17.5 Å². The highest BCUT2D eigenvalue weighted by Gasteiger charge is 2.23. The topological polar surface area (TPSA) is 63.8 Å². The highest BCUT2D eigenvalue weighted by molar-refractivity contribution is 5.29. The zero-order valence-electron chi connectivity index (χ0n) is 11.6. The fourth-order valence-corrected chi connectivity index (χ4v) is 2.51. The van der Waals surface area contributed by atoms with E-state index in [0.29, 0.717) is 17.9 Å². The molecule has 0 radical (unpaired) electrons. The van der Waals surface area contributed by atoms with E-state index in [9.17, 15) is 0 Å². The molecule has 1 fully saturated rings. The van der Waals surface area contributed by atoms with Crippen LogP contribution in [0.5, 0.6) is 0 Å². The van der Waals surface area contributed by atoms with Crippen LogP contribution in [0.3, 0.4) is 0 Å². The van der Waals surface area contributed by atoms with E-state index in [4.69, 9.17) is 5.73 Å². The van der Waals surface area contributed by atoms with Gasteiger partial charge in [-0.2, -0.15) is 0 Å². The summed E-state index contributed by atoms with van der Waals surface area (Å²) in [6.45, 7) is 7.21. The third-order valence-corrected chi connectivity index (χ3v) is 3.71. The number of rotatable bonds is 4. The Morgan fingerprint density at radius 2 is 2.17 bits per heavy atom. The summed E-state index contributed by atoms with van der Waals surface area (Å²) in [6, 6.07) is 2.39. The number of hydrogen-bond donors (Lipinski definition) is 2. The molecule has 0 aliphatic heterocycles. The van der Waals surface area contributed by atoms with Gasteiger partial charge in [0.2, 0.25) is 5.95 Å². The standard InChI is InChI=1S/C14H24N4/c1-9(2)13-7-10(3)17-14(18-13)16-8-11-5-4-6-12(11)15/h7,9,11-12H,4-6,8,15H2,1-3H3,(H,16,17,18). The van der Waals surface area contributed by atoms with Gasteiger partial charge in [-0.1, -0.05) is 20.3 Å². The predicted molar refractivity (Wildman–Crippen MR) is 74.7 cm³/mol. The van der Waals surface area contributed by atoms with Gasteiger partial charge in [0.15, 0.2) is 0 Å². The summed E-state index contributed by atoms with van der Waals surface area (Å²) in [5.74, 6) is 1.75. The second-order valence-corrected chi connectivity index (χ2v) is 5.65. The van der Waals surface area contributed by atoms with Gasteiger partial charge >= 0.3 is 0 Å². The van der Waals surface area contributed by atoms with E-state index in [1.807, 2.05) is 6.92 Å². The summed E-state index contributed by atoms with van der Waals surface area (Å²) >= 11 is 0. The summed E-state index contributed by atoms with van der Waals surface area (Å²) < 4.78 is 0. The van der Waals surface area contributed by atoms with E-state index in [1.165, 1.54) is 12.8 Å². The van der Waals surface area contributed by atoms with Gasteiger partial charge in [-0.15, -0.1) is 0 Å². The Hall–Kier alpha value is -1.16. The molecular weight excluding hydrogens is 224 g/mol. The van der Waals surface area contributed by atoms with Gasteiger partial charge in [-0.3, -0.25) is 0 Å². The highest BCUT2D eigenvalue weighted by atomic mass is 15.1. The molecule has 2 rings (SSSR count). The van der Waals surface area contributed by atoms with Crippen LogP contribution in [0.4, 0.5) is 5.95 Å². The van der Waals surface area contributed by atoms with Crippen molar-refractivity contribution in [2.24, 2.45) is 11.7 Å². The Balaban J connectivity index is 2.00. The van der Waals surface area contributed by atoms with Crippen molar-refractivity contribution in [3.63, 3.8) is 0 Å². The minimum atomic E-state index is 0.340. The molecule has 1 aromatic heterocycles. The smallest absolute Gasteiger partial charge is 0.223 e. The Morgan fingerprint density at radius 3 is 2.78 bits per heavy atom. The van der Waals surface area contributed by atoms with Gasteiger partial charge < -0.3 is 11.1 Å². The summed E-state index contributed by atoms with van der Waals surface area (Å²) in [5, 5.41) is 3.35. The second kappa shape index (κ2) is 5.65. The summed E-state index contributed by atoms with van der Waals surface area (Å²) in [4.78, 5) is 9.00. The van der Waals surface area contributed by atoms with Crippen LogP contribution in [0.15, 0.2) is 6.07 Å². The van der Waals surface area contributed by atoms with Gasteiger partial charge in [0, 0.05) is 24.0 Å². The van der Waals surface area contributed by atoms with Gasteiger partial charge in [-0.05, 0) is 37.7 Å². The van der Waals surface area contributed by atoms with Gasteiger partial charge in [0.05, 0.1) is 0 Å². The minimum absolute atomic E-state index is 0.340. The molecule has 1 saturated carbocycles. The molecule has 0 bridgehead atoms. The lowest BCUT2D eigenvalue weighted by molar-refractivity contribution is 0.503. The third kappa shape index (κ3) is 3.19. The first kappa shape index (κ1) is 13.3. The van der Waals surface area contributed by atoms with Crippen molar-refractivity contribution in [2.45, 2.75) is 52.0 Å². The maximum Gasteiger partial charge on any atom is 0.223 e. The first-order chi connectivity index (χ1) is 8.56. The van der Waals surface area contributed by atoms with Crippen molar-refractivity contribution >= 4 is 5.95 Å². The number of aryl methyl sites for hydroxylation is 1. The number of nitrogens with one attached hydrogen (secondary N) is 1. The van der Waals surface area contributed by atoms with Crippen molar-refractivity contribution < 1.29 is 0 Å². The van der Waals surface area contributed by atoms with Crippen molar-refractivity contribution in [1.29, 1.82) is 0 Å². The van der Waals surface area contributed by atoms with Crippen molar-refractivity contribution in [2.75, 3.05) is 11.9 Å². The number of hydrogen-bond acceptors (Lipinski definition) is 4. The SMILES string of the molecule is Cc1cc(C(C)C)nc(NCC2CCCC2N)n1. The fourth-order valence-electron chi connectivity index (χ4n) is 2.51. The normalized spacial score (nSPS) is 23.6. The summed E-state index contributed by atoms with van der Waals surface area (Å²) in [5.41, 5.74) is 8.19. The zero-order valence-corrected chi connectivity index (χ0v) is 11.6. The molecule has 1 aliphatic carbocycles. The molecule has 4 nitrogen and oxygen atoms in total. The Labute approximate surface area is 109 Å². The van der Waals surface area contributed by atoms with Crippen molar-refractivity contribution in [3.8, 4) is 0 Å². The van der Waals surface area contributed by atoms with Crippen LogP contribution in [0.25, 0.3) is 0 Å². The molecular formula is C14H24N4. The van der Waals surface area contributed by atoms with E-state index in [0.717, 1.165) is 30.3 Å². The fraction of sp³-hybridized carbons (Fsp3) is 0.714. The number of nitrogens with two attached hydrogens (primary N) is 1. The molecule has 0 aromatic carbocycles.